The predicted octanol–water partition coefficient (Wildman–Crippen LogP) is 25.0. The average molecular weight is 1470 g/mol. The van der Waals surface area contributed by atoms with Crippen molar-refractivity contribution >= 4 is 163 Å². The molecule has 2 aliphatic rings. The molecule has 0 saturated carbocycles. The fourth-order valence-electron chi connectivity index (χ4n) is 14.2. The van der Waals surface area contributed by atoms with Gasteiger partial charge in [0.05, 0.1) is 29.0 Å². The van der Waals surface area contributed by atoms with Gasteiger partial charge in [0, 0.05) is 87.8 Å². The van der Waals surface area contributed by atoms with Gasteiger partial charge >= 0.3 is 0 Å². The molecule has 0 aliphatic heterocycles. The molecule has 0 bridgehead atoms. The number of hydrogen-bond donors (Lipinski definition) is 0. The lowest BCUT2D eigenvalue weighted by Gasteiger charge is -2.31. The lowest BCUT2D eigenvalue weighted by molar-refractivity contribution is 0.399. The van der Waals surface area contributed by atoms with E-state index in [9.17, 15) is 0 Å². The molecule has 2 aliphatic carbocycles. The molecule has 13 rings (SSSR count). The largest absolute Gasteiger partial charge is 0.208 e. The minimum atomic E-state index is -0.0658. The molecular formula is C75H82BBr2N4S8. The van der Waals surface area contributed by atoms with Crippen molar-refractivity contribution in [3.8, 4) is 60.6 Å². The predicted molar refractivity (Wildman–Crippen MR) is 410 cm³/mol. The standard InChI is InChI=1S/C75H82BBr2N4S8/c1-5-7-9-20-28-48-40-63(83-47-48)64-42-51(31-21-10-8-6-2)73(88-64)76-59-35-34-54(67-68(59)82-90-81-67)62-46-58-72(87-62)71-57(75(58,36-24-15-11-13-17-26-38-77)37-25-16-12-14-18-27-39-78)43-52(84-71)41-50-32-33-53(66-65(50)79-89-80-66)61-45-56-70(86-61)69-55(74(56,3)4)44-60(85-69)49-29-22-19-23-30-49/h19,22-23,29-30,32-35,40,42-47H,5-18,20-21,24-28,31,36-39,41H2,1-4H3. The average Bonchev–Trinajstić information content (AvgIpc) is 1.56. The highest BCUT2D eigenvalue weighted by Gasteiger charge is 2.46. The van der Waals surface area contributed by atoms with Gasteiger partial charge in [-0.2, -0.15) is 17.5 Å². The third kappa shape index (κ3) is 13.7. The van der Waals surface area contributed by atoms with E-state index in [2.05, 4.69) is 175 Å². The number of nitrogens with zero attached hydrogens (tertiary/aromatic N) is 4. The van der Waals surface area contributed by atoms with E-state index in [0.717, 1.165) is 45.6 Å². The summed E-state index contributed by atoms with van der Waals surface area (Å²) in [6.45, 7) is 9.42. The first kappa shape index (κ1) is 65.2. The number of rotatable bonds is 34. The Balaban J connectivity index is 0.825. The summed E-state index contributed by atoms with van der Waals surface area (Å²) >= 11 is 22.0. The number of benzene rings is 3. The van der Waals surface area contributed by atoms with E-state index in [1.807, 2.05) is 56.7 Å². The molecule has 4 nitrogen and oxygen atoms in total. The van der Waals surface area contributed by atoms with Crippen molar-refractivity contribution < 1.29 is 0 Å². The van der Waals surface area contributed by atoms with Crippen molar-refractivity contribution in [3.05, 3.63) is 140 Å². The zero-order chi connectivity index (χ0) is 61.6. The molecular weight excluding hydrogens is 1380 g/mol. The lowest BCUT2D eigenvalue weighted by Crippen LogP contribution is -2.28. The number of aryl methyl sites for hydroxylation is 2. The van der Waals surface area contributed by atoms with Crippen molar-refractivity contribution in [2.45, 2.75) is 199 Å². The molecule has 0 atom stereocenters. The van der Waals surface area contributed by atoms with Crippen LogP contribution in [0.3, 0.4) is 0 Å². The highest BCUT2D eigenvalue weighted by Crippen LogP contribution is 2.62. The molecule has 11 aromatic rings. The number of thiophene rings is 6. The van der Waals surface area contributed by atoms with Gasteiger partial charge in [0.25, 0.3) is 0 Å². The minimum Gasteiger partial charge on any atom is -0.174 e. The Bertz CT molecular complexity index is 4170. The molecule has 90 heavy (non-hydrogen) atoms. The Labute approximate surface area is 585 Å². The van der Waals surface area contributed by atoms with Gasteiger partial charge in [-0.1, -0.05) is 222 Å². The maximum Gasteiger partial charge on any atom is 0.208 e. The number of hydrogen-bond acceptors (Lipinski definition) is 12. The third-order valence-corrected chi connectivity index (χ3v) is 28.7. The van der Waals surface area contributed by atoms with Crippen LogP contribution in [0.5, 0.6) is 0 Å². The maximum atomic E-state index is 5.17. The first-order valence-corrected chi connectivity index (χ1v) is 42.2. The summed E-state index contributed by atoms with van der Waals surface area (Å²) in [5.41, 5.74) is 19.3. The van der Waals surface area contributed by atoms with Gasteiger partial charge in [0.15, 0.2) is 0 Å². The van der Waals surface area contributed by atoms with Crippen LogP contribution in [0, 0.1) is 0 Å². The number of aromatic nitrogens is 4. The van der Waals surface area contributed by atoms with Crippen LogP contribution in [0.2, 0.25) is 0 Å². The molecule has 8 aromatic heterocycles. The summed E-state index contributed by atoms with van der Waals surface area (Å²) in [6.07, 6.45) is 31.2. The van der Waals surface area contributed by atoms with Crippen LogP contribution in [-0.4, -0.2) is 35.4 Å². The second kappa shape index (κ2) is 30.1. The normalized spacial score (nSPS) is 13.7. The topological polar surface area (TPSA) is 51.6 Å². The van der Waals surface area contributed by atoms with Gasteiger partial charge in [-0.15, -0.1) is 68.0 Å². The zero-order valence-electron chi connectivity index (χ0n) is 52.7. The van der Waals surface area contributed by atoms with E-state index in [1.165, 1.54) is 275 Å². The van der Waals surface area contributed by atoms with E-state index in [0.29, 0.717) is 0 Å². The van der Waals surface area contributed by atoms with E-state index < -0.39 is 0 Å². The second-order valence-corrected chi connectivity index (χ2v) is 34.8. The van der Waals surface area contributed by atoms with E-state index in [-0.39, 0.29) is 10.8 Å². The Morgan fingerprint density at radius 2 is 0.989 bits per heavy atom. The summed E-state index contributed by atoms with van der Waals surface area (Å²) in [5, 5.41) is 4.62. The minimum absolute atomic E-state index is 0.0329. The molecule has 3 aromatic carbocycles. The van der Waals surface area contributed by atoms with E-state index in [4.69, 9.17) is 17.5 Å². The Kier molecular flexibility index (Phi) is 21.8. The lowest BCUT2D eigenvalue weighted by atomic mass is 9.66. The molecule has 0 amide bonds. The van der Waals surface area contributed by atoms with Gasteiger partial charge in [-0.3, -0.25) is 0 Å². The number of unbranched alkanes of at least 4 members (excludes halogenated alkanes) is 16. The molecule has 0 fully saturated rings. The zero-order valence-corrected chi connectivity index (χ0v) is 62.4. The molecule has 0 unspecified atom stereocenters. The van der Waals surface area contributed by atoms with E-state index in [1.54, 1.807) is 11.1 Å². The smallest absolute Gasteiger partial charge is 0.174 e. The van der Waals surface area contributed by atoms with Gasteiger partial charge < -0.3 is 0 Å². The van der Waals surface area contributed by atoms with Crippen LogP contribution in [0.15, 0.2) is 96.4 Å². The Hall–Kier alpha value is -3.48. The summed E-state index contributed by atoms with van der Waals surface area (Å²) in [7, 11) is 2.45. The van der Waals surface area contributed by atoms with E-state index >= 15 is 0 Å². The van der Waals surface area contributed by atoms with Crippen molar-refractivity contribution in [3.63, 3.8) is 0 Å². The highest BCUT2D eigenvalue weighted by molar-refractivity contribution is 9.09. The van der Waals surface area contributed by atoms with Crippen LogP contribution in [-0.2, 0) is 30.1 Å². The fourth-order valence-corrected chi connectivity index (χ4v) is 24.0. The van der Waals surface area contributed by atoms with Crippen molar-refractivity contribution in [2.24, 2.45) is 0 Å². The summed E-state index contributed by atoms with van der Waals surface area (Å²) in [4.78, 5) is 14.0. The Morgan fingerprint density at radius 3 is 1.67 bits per heavy atom. The molecule has 8 heterocycles. The van der Waals surface area contributed by atoms with Crippen molar-refractivity contribution in [1.29, 1.82) is 0 Å². The van der Waals surface area contributed by atoms with Gasteiger partial charge in [-0.25, -0.2) is 0 Å². The SMILES string of the molecule is CCCCCCc1csc(-c2cc(CCCCCC)c([B]c3ccc(-c4cc5c(s4)-c4sc(Cc6ccc(-c7cc8c(s7)-c7sc(-c9ccccc9)cc7C8(C)C)c7nsnc67)cc4C5(CCCCCCCCBr)CCCCCCCCBr)c4nsnc34)s2)c1. The van der Waals surface area contributed by atoms with Crippen molar-refractivity contribution in [2.75, 3.05) is 10.7 Å². The number of alkyl halides is 2. The van der Waals surface area contributed by atoms with Gasteiger partial charge in [0.2, 0.25) is 7.28 Å². The fraction of sp³-hybridized carbons (Fsp3) is 0.440. The van der Waals surface area contributed by atoms with Gasteiger partial charge in [-0.05, 0) is 142 Å². The second-order valence-electron chi connectivity index (χ2n) is 25.9. The molecule has 0 N–H and O–H groups in total. The first-order chi connectivity index (χ1) is 44.2. The summed E-state index contributed by atoms with van der Waals surface area (Å²) in [5.74, 6) is 0. The first-order valence-electron chi connectivity index (χ1n) is 33.5. The quantitative estimate of drug-likeness (QED) is 0.0229. The van der Waals surface area contributed by atoms with Crippen LogP contribution >= 0.6 is 123 Å². The van der Waals surface area contributed by atoms with Crippen LogP contribution in [0.25, 0.3) is 82.7 Å². The molecule has 467 valence electrons. The van der Waals surface area contributed by atoms with Crippen LogP contribution in [0.4, 0.5) is 0 Å². The monoisotopic (exact) mass is 1460 g/mol. The van der Waals surface area contributed by atoms with Crippen molar-refractivity contribution in [1.82, 2.24) is 17.5 Å². The molecule has 0 spiro atoms. The molecule has 0 saturated heterocycles. The molecule has 15 heteroatoms. The number of halogens is 2. The van der Waals surface area contributed by atoms with Crippen LogP contribution < -0.4 is 10.2 Å². The third-order valence-electron chi connectivity index (χ3n) is 19.3. The molecule has 1 radical (unpaired) electrons. The Morgan fingerprint density at radius 1 is 0.444 bits per heavy atom. The maximum absolute atomic E-state index is 5.17. The highest BCUT2D eigenvalue weighted by atomic mass is 79.9. The summed E-state index contributed by atoms with van der Waals surface area (Å²) in [6, 6.07) is 35.6. The van der Waals surface area contributed by atoms with Gasteiger partial charge in [0.1, 0.15) is 16.6 Å². The summed E-state index contributed by atoms with van der Waals surface area (Å²) < 4.78 is 21.9. The van der Waals surface area contributed by atoms with Crippen LogP contribution in [0.1, 0.15) is 213 Å². The number of fused-ring (bicyclic) bond motifs is 8.